The van der Waals surface area contributed by atoms with Crippen LogP contribution in [0.25, 0.3) is 0 Å². The molecule has 8 heteroatoms. The van der Waals surface area contributed by atoms with Crippen LogP contribution in [0.2, 0.25) is 0 Å². The molecule has 0 atom stereocenters. The van der Waals surface area contributed by atoms with E-state index in [-0.39, 0.29) is 11.6 Å². The van der Waals surface area contributed by atoms with Crippen molar-refractivity contribution in [2.75, 3.05) is 44.7 Å². The van der Waals surface area contributed by atoms with Gasteiger partial charge in [-0.05, 0) is 6.07 Å². The number of nitrogens with zero attached hydrogens (tertiary/aromatic N) is 4. The van der Waals surface area contributed by atoms with E-state index in [1.807, 2.05) is 15.9 Å². The quantitative estimate of drug-likeness (QED) is 0.635. The minimum atomic E-state index is -0.508. The van der Waals surface area contributed by atoms with Gasteiger partial charge in [0.2, 0.25) is 5.91 Å². The molecule has 0 aliphatic carbocycles. The molecule has 1 saturated heterocycles. The van der Waals surface area contributed by atoms with Gasteiger partial charge >= 0.3 is 0 Å². The van der Waals surface area contributed by atoms with E-state index in [2.05, 4.69) is 5.32 Å². The summed E-state index contributed by atoms with van der Waals surface area (Å²) in [7, 11) is 1.61. The lowest BCUT2D eigenvalue weighted by Gasteiger charge is -2.35. The molecule has 0 aromatic heterocycles. The third-order valence-corrected chi connectivity index (χ3v) is 3.67. The molecule has 0 bridgehead atoms. The van der Waals surface area contributed by atoms with Crippen molar-refractivity contribution in [1.82, 2.24) is 10.2 Å². The minimum absolute atomic E-state index is 0.0264. The van der Waals surface area contributed by atoms with Crippen LogP contribution in [-0.2, 0) is 4.79 Å². The lowest BCUT2D eigenvalue weighted by molar-refractivity contribution is -0.384. The maximum atomic E-state index is 11.4. The molecule has 8 nitrogen and oxygen atoms in total. The van der Waals surface area contributed by atoms with Crippen molar-refractivity contribution in [3.05, 3.63) is 33.9 Å². The smallest absolute Gasteiger partial charge is 0.270 e. The van der Waals surface area contributed by atoms with E-state index in [9.17, 15) is 20.2 Å². The van der Waals surface area contributed by atoms with Crippen molar-refractivity contribution in [3.8, 4) is 6.07 Å². The van der Waals surface area contributed by atoms with Gasteiger partial charge in [0.05, 0.1) is 22.7 Å². The first-order valence-corrected chi connectivity index (χ1v) is 6.91. The summed E-state index contributed by atoms with van der Waals surface area (Å²) >= 11 is 0. The van der Waals surface area contributed by atoms with E-state index in [0.717, 1.165) is 0 Å². The Labute approximate surface area is 128 Å². The number of nitro groups is 1. The van der Waals surface area contributed by atoms with Gasteiger partial charge in [-0.1, -0.05) is 0 Å². The molecule has 22 heavy (non-hydrogen) atoms. The number of nitriles is 1. The van der Waals surface area contributed by atoms with Crippen LogP contribution in [0.4, 0.5) is 11.4 Å². The van der Waals surface area contributed by atoms with Crippen LogP contribution in [0.1, 0.15) is 5.56 Å². The molecule has 116 valence electrons. The Bertz CT molecular complexity index is 617. The molecule has 1 aromatic rings. The van der Waals surface area contributed by atoms with Gasteiger partial charge in [-0.25, -0.2) is 0 Å². The molecular formula is C14H17N5O3. The molecule has 1 aromatic carbocycles. The lowest BCUT2D eigenvalue weighted by atomic mass is 10.1. The van der Waals surface area contributed by atoms with E-state index < -0.39 is 4.92 Å². The van der Waals surface area contributed by atoms with Gasteiger partial charge in [0.25, 0.3) is 5.69 Å². The highest BCUT2D eigenvalue weighted by Gasteiger charge is 2.21. The van der Waals surface area contributed by atoms with Crippen molar-refractivity contribution in [3.63, 3.8) is 0 Å². The number of rotatable bonds is 4. The first-order valence-electron chi connectivity index (χ1n) is 6.91. The van der Waals surface area contributed by atoms with Gasteiger partial charge in [-0.2, -0.15) is 5.26 Å². The summed E-state index contributed by atoms with van der Waals surface area (Å²) in [6, 6.07) is 6.34. The number of hydrogen-bond donors (Lipinski definition) is 1. The Morgan fingerprint density at radius 1 is 1.41 bits per heavy atom. The molecule has 0 radical (unpaired) electrons. The Morgan fingerprint density at radius 2 is 2.09 bits per heavy atom. The number of piperazine rings is 1. The molecule has 1 N–H and O–H groups in total. The maximum absolute atomic E-state index is 11.4. The van der Waals surface area contributed by atoms with Crippen LogP contribution in [0, 0.1) is 21.4 Å². The number of nitro benzene ring substituents is 1. The summed E-state index contributed by atoms with van der Waals surface area (Å²) in [5.41, 5.74) is 0.917. The Morgan fingerprint density at radius 3 is 2.64 bits per heavy atom. The van der Waals surface area contributed by atoms with Crippen LogP contribution < -0.4 is 10.2 Å². The topological polar surface area (TPSA) is 103 Å². The standard InChI is InChI=1S/C14H17N5O3/c1-16-14(20)10-17-4-6-18(7-5-17)13-3-2-12(19(21)22)8-11(13)9-15/h2-3,8H,4-7,10H2,1H3,(H,16,20). The van der Waals surface area contributed by atoms with Gasteiger partial charge in [-0.3, -0.25) is 19.8 Å². The number of carbonyl (C=O) groups excluding carboxylic acids is 1. The number of benzene rings is 1. The van der Waals surface area contributed by atoms with Gasteiger partial charge in [-0.15, -0.1) is 0 Å². The normalized spacial score (nSPS) is 15.2. The van der Waals surface area contributed by atoms with Crippen LogP contribution >= 0.6 is 0 Å². The first-order chi connectivity index (χ1) is 10.5. The van der Waals surface area contributed by atoms with Gasteiger partial charge < -0.3 is 10.2 Å². The third kappa shape index (κ3) is 3.51. The van der Waals surface area contributed by atoms with Gasteiger partial charge in [0.1, 0.15) is 6.07 Å². The largest absolute Gasteiger partial charge is 0.368 e. The SMILES string of the molecule is CNC(=O)CN1CCN(c2ccc([N+](=O)[O-])cc2C#N)CC1. The van der Waals surface area contributed by atoms with Crippen molar-refractivity contribution in [2.24, 2.45) is 0 Å². The summed E-state index contributed by atoms with van der Waals surface area (Å²) in [4.78, 5) is 25.7. The summed E-state index contributed by atoms with van der Waals surface area (Å²) in [5.74, 6) is -0.0264. The highest BCUT2D eigenvalue weighted by atomic mass is 16.6. The molecule has 1 fully saturated rings. The number of amides is 1. The van der Waals surface area contributed by atoms with E-state index in [1.165, 1.54) is 12.1 Å². The number of non-ortho nitro benzene ring substituents is 1. The fourth-order valence-corrected chi connectivity index (χ4v) is 2.43. The Kier molecular flexibility index (Phi) is 4.91. The average molecular weight is 303 g/mol. The second-order valence-corrected chi connectivity index (χ2v) is 5.01. The van der Waals surface area contributed by atoms with Crippen molar-refractivity contribution < 1.29 is 9.72 Å². The zero-order valence-electron chi connectivity index (χ0n) is 12.3. The lowest BCUT2D eigenvalue weighted by Crippen LogP contribution is -2.49. The van der Waals surface area contributed by atoms with Gasteiger partial charge in [0.15, 0.2) is 0 Å². The van der Waals surface area contributed by atoms with Crippen molar-refractivity contribution in [2.45, 2.75) is 0 Å². The molecule has 1 aliphatic heterocycles. The second-order valence-electron chi connectivity index (χ2n) is 5.01. The number of anilines is 1. The zero-order valence-corrected chi connectivity index (χ0v) is 12.3. The molecule has 2 rings (SSSR count). The first kappa shape index (κ1) is 15.7. The minimum Gasteiger partial charge on any atom is -0.368 e. The average Bonchev–Trinajstić information content (AvgIpc) is 2.54. The fraction of sp³-hybridized carbons (Fsp3) is 0.429. The monoisotopic (exact) mass is 303 g/mol. The predicted molar refractivity (Wildman–Crippen MR) is 80.5 cm³/mol. The third-order valence-electron chi connectivity index (χ3n) is 3.67. The summed E-state index contributed by atoms with van der Waals surface area (Å²) in [6.45, 7) is 3.10. The van der Waals surface area contributed by atoms with E-state index >= 15 is 0 Å². The summed E-state index contributed by atoms with van der Waals surface area (Å²) in [5, 5.41) is 22.6. The van der Waals surface area contributed by atoms with Crippen LogP contribution in [0.15, 0.2) is 18.2 Å². The molecule has 1 heterocycles. The Hall–Kier alpha value is -2.66. The van der Waals surface area contributed by atoms with E-state index in [0.29, 0.717) is 44.0 Å². The van der Waals surface area contributed by atoms with Crippen molar-refractivity contribution >= 4 is 17.3 Å². The van der Waals surface area contributed by atoms with Crippen LogP contribution in [0.3, 0.4) is 0 Å². The van der Waals surface area contributed by atoms with Crippen LogP contribution in [0.5, 0.6) is 0 Å². The summed E-state index contributed by atoms with van der Waals surface area (Å²) in [6.07, 6.45) is 0. The highest BCUT2D eigenvalue weighted by molar-refractivity contribution is 5.77. The molecule has 1 aliphatic rings. The number of nitrogens with one attached hydrogen (secondary N) is 1. The molecule has 0 saturated carbocycles. The van der Waals surface area contributed by atoms with Crippen LogP contribution in [-0.4, -0.2) is 55.5 Å². The van der Waals surface area contributed by atoms with Crippen molar-refractivity contribution in [1.29, 1.82) is 5.26 Å². The highest BCUT2D eigenvalue weighted by Crippen LogP contribution is 2.25. The zero-order chi connectivity index (χ0) is 16.1. The molecular weight excluding hydrogens is 286 g/mol. The molecule has 0 spiro atoms. The Balaban J connectivity index is 2.07. The number of carbonyl (C=O) groups is 1. The number of likely N-dealkylation sites (N-methyl/N-ethyl adjacent to an activating group) is 1. The predicted octanol–water partition coefficient (Wildman–Crippen LogP) is 0.334. The number of hydrogen-bond acceptors (Lipinski definition) is 6. The fourth-order valence-electron chi connectivity index (χ4n) is 2.43. The van der Waals surface area contributed by atoms with E-state index in [4.69, 9.17) is 0 Å². The molecule has 1 amide bonds. The van der Waals surface area contributed by atoms with E-state index in [1.54, 1.807) is 13.1 Å². The molecule has 0 unspecified atom stereocenters. The maximum Gasteiger partial charge on any atom is 0.270 e. The summed E-state index contributed by atoms with van der Waals surface area (Å²) < 4.78 is 0. The second kappa shape index (κ2) is 6.87. The van der Waals surface area contributed by atoms with Gasteiger partial charge in [0, 0.05) is 45.4 Å².